The molecule has 0 unspecified atom stereocenters. The maximum atomic E-state index is 11.2. The molecule has 0 bridgehead atoms. The Bertz CT molecular complexity index is 344. The predicted molar refractivity (Wildman–Crippen MR) is 59.2 cm³/mol. The van der Waals surface area contributed by atoms with E-state index in [9.17, 15) is 29.8 Å². The maximum absolute atomic E-state index is 11.2. The molecule has 0 N–H and O–H groups in total. The zero-order chi connectivity index (χ0) is 15.1. The Balaban J connectivity index is 5.20. The molecule has 0 rings (SSSR count). The fourth-order valence-electron chi connectivity index (χ4n) is 1.27. The highest BCUT2D eigenvalue weighted by Gasteiger charge is 2.60. The SMILES string of the molecule is CCOC(=O)CC(CC(=O)OCC)([N+](=O)[O-])[N+](=O)[O-]. The molecule has 0 fully saturated rings. The Morgan fingerprint density at radius 3 is 1.47 bits per heavy atom. The van der Waals surface area contributed by atoms with Crippen LogP contribution in [0.1, 0.15) is 26.7 Å². The lowest BCUT2D eigenvalue weighted by molar-refractivity contribution is -0.794. The summed E-state index contributed by atoms with van der Waals surface area (Å²) >= 11 is 0. The highest BCUT2D eigenvalue weighted by molar-refractivity contribution is 5.74. The van der Waals surface area contributed by atoms with Gasteiger partial charge in [-0.3, -0.25) is 29.8 Å². The number of nitro groups is 2. The van der Waals surface area contributed by atoms with Crippen LogP contribution in [-0.2, 0) is 19.1 Å². The summed E-state index contributed by atoms with van der Waals surface area (Å²) in [6, 6.07) is 0. The van der Waals surface area contributed by atoms with Gasteiger partial charge in [-0.2, -0.15) is 0 Å². The van der Waals surface area contributed by atoms with Crippen molar-refractivity contribution in [1.82, 2.24) is 0 Å². The summed E-state index contributed by atoms with van der Waals surface area (Å²) in [5.74, 6) is -2.25. The van der Waals surface area contributed by atoms with Crippen molar-refractivity contribution in [3.8, 4) is 0 Å². The van der Waals surface area contributed by atoms with Gasteiger partial charge in [0.05, 0.1) is 23.1 Å². The highest BCUT2D eigenvalue weighted by Crippen LogP contribution is 2.22. The standard InChI is InChI=1S/C9H14N2O8/c1-3-18-7(12)5-9(10(14)15,11(16)17)6-8(13)19-4-2/h3-6H2,1-2H3. The van der Waals surface area contributed by atoms with Crippen LogP contribution in [0.3, 0.4) is 0 Å². The van der Waals surface area contributed by atoms with Crippen molar-refractivity contribution in [3.05, 3.63) is 20.2 Å². The molecule has 0 saturated heterocycles. The number of ether oxygens (including phenoxy) is 2. The summed E-state index contributed by atoms with van der Waals surface area (Å²) in [4.78, 5) is 41.7. The number of carbonyl (C=O) groups excluding carboxylic acids is 2. The molecule has 10 nitrogen and oxygen atoms in total. The monoisotopic (exact) mass is 278 g/mol. The summed E-state index contributed by atoms with van der Waals surface area (Å²) in [5.41, 5.74) is -2.96. The van der Waals surface area contributed by atoms with E-state index in [1.807, 2.05) is 0 Å². The molecule has 0 heterocycles. The Hall–Kier alpha value is -2.26. The van der Waals surface area contributed by atoms with Gasteiger partial charge in [-0.05, 0) is 13.8 Å². The van der Waals surface area contributed by atoms with Crippen LogP contribution >= 0.6 is 0 Å². The largest absolute Gasteiger partial charge is 0.479 e. The molecule has 0 atom stereocenters. The van der Waals surface area contributed by atoms with Crippen molar-refractivity contribution >= 4 is 11.9 Å². The van der Waals surface area contributed by atoms with Gasteiger partial charge in [0.25, 0.3) is 0 Å². The minimum Gasteiger partial charge on any atom is -0.466 e. The summed E-state index contributed by atoms with van der Waals surface area (Å²) in [6.07, 6.45) is -2.28. The summed E-state index contributed by atoms with van der Waals surface area (Å²) in [6.45, 7) is 2.74. The Morgan fingerprint density at radius 2 is 1.26 bits per heavy atom. The van der Waals surface area contributed by atoms with Gasteiger partial charge in [0.1, 0.15) is 0 Å². The lowest BCUT2D eigenvalue weighted by Gasteiger charge is -2.15. The first-order chi connectivity index (χ1) is 8.80. The zero-order valence-corrected chi connectivity index (χ0v) is 10.5. The van der Waals surface area contributed by atoms with Crippen molar-refractivity contribution in [1.29, 1.82) is 0 Å². The first kappa shape index (κ1) is 16.7. The van der Waals surface area contributed by atoms with E-state index in [2.05, 4.69) is 9.47 Å². The highest BCUT2D eigenvalue weighted by atomic mass is 16.7. The second kappa shape index (κ2) is 7.24. The first-order valence-electron chi connectivity index (χ1n) is 5.40. The van der Waals surface area contributed by atoms with E-state index in [0.29, 0.717) is 0 Å². The van der Waals surface area contributed by atoms with Crippen LogP contribution in [0.15, 0.2) is 0 Å². The van der Waals surface area contributed by atoms with Crippen LogP contribution in [0.4, 0.5) is 0 Å². The quantitative estimate of drug-likeness (QED) is 0.264. The Morgan fingerprint density at radius 1 is 0.947 bits per heavy atom. The van der Waals surface area contributed by atoms with Crippen LogP contribution in [0, 0.1) is 20.2 Å². The molecule has 19 heavy (non-hydrogen) atoms. The molecule has 0 aromatic carbocycles. The molecule has 0 aliphatic rings. The predicted octanol–water partition coefficient (Wildman–Crippen LogP) is 0.143. The van der Waals surface area contributed by atoms with Crippen molar-refractivity contribution < 1.29 is 28.9 Å². The number of hydrogen-bond acceptors (Lipinski definition) is 8. The first-order valence-corrected chi connectivity index (χ1v) is 5.40. The molecule has 108 valence electrons. The minimum atomic E-state index is -2.96. The molecule has 0 aromatic heterocycles. The second-order valence-electron chi connectivity index (χ2n) is 3.46. The minimum absolute atomic E-state index is 0.0796. The maximum Gasteiger partial charge on any atom is 0.479 e. The average Bonchev–Trinajstić information content (AvgIpc) is 2.27. The summed E-state index contributed by atoms with van der Waals surface area (Å²) in [7, 11) is 0. The fraction of sp³-hybridized carbons (Fsp3) is 0.778. The fourth-order valence-corrected chi connectivity index (χ4v) is 1.27. The molecule has 0 aromatic rings. The van der Waals surface area contributed by atoms with E-state index < -0.39 is 40.3 Å². The molecule has 0 aliphatic carbocycles. The van der Waals surface area contributed by atoms with E-state index in [0.717, 1.165) is 0 Å². The lowest BCUT2D eigenvalue weighted by atomic mass is 10.0. The smallest absolute Gasteiger partial charge is 0.466 e. The van der Waals surface area contributed by atoms with Crippen molar-refractivity contribution in [2.45, 2.75) is 32.4 Å². The van der Waals surface area contributed by atoms with Crippen molar-refractivity contribution in [2.75, 3.05) is 13.2 Å². The van der Waals surface area contributed by atoms with Gasteiger partial charge in [0.15, 0.2) is 12.8 Å². The second-order valence-corrected chi connectivity index (χ2v) is 3.46. The van der Waals surface area contributed by atoms with E-state index in [1.54, 1.807) is 0 Å². The Kier molecular flexibility index (Phi) is 6.38. The van der Waals surface area contributed by atoms with E-state index in [1.165, 1.54) is 13.8 Å². The van der Waals surface area contributed by atoms with Crippen LogP contribution < -0.4 is 0 Å². The Labute approximate surface area is 108 Å². The third kappa shape index (κ3) is 4.48. The number of hydrogen-bond donors (Lipinski definition) is 0. The van der Waals surface area contributed by atoms with Gasteiger partial charge >= 0.3 is 17.6 Å². The normalized spacial score (nSPS) is 10.6. The van der Waals surface area contributed by atoms with E-state index >= 15 is 0 Å². The molecular formula is C9H14N2O8. The van der Waals surface area contributed by atoms with Gasteiger partial charge < -0.3 is 9.47 Å². The summed E-state index contributed by atoms with van der Waals surface area (Å²) in [5, 5.41) is 21.8. The van der Waals surface area contributed by atoms with Crippen LogP contribution in [0.2, 0.25) is 0 Å². The molecule has 0 aliphatic heterocycles. The van der Waals surface area contributed by atoms with Gasteiger partial charge in [-0.15, -0.1) is 0 Å². The molecule has 10 heteroatoms. The van der Waals surface area contributed by atoms with Crippen molar-refractivity contribution in [2.24, 2.45) is 0 Å². The molecule has 0 amide bonds. The number of esters is 2. The van der Waals surface area contributed by atoms with Crippen LogP contribution in [-0.4, -0.2) is 40.7 Å². The van der Waals surface area contributed by atoms with Gasteiger partial charge in [0, 0.05) is 0 Å². The zero-order valence-electron chi connectivity index (χ0n) is 10.5. The molecular weight excluding hydrogens is 264 g/mol. The molecule has 0 spiro atoms. The lowest BCUT2D eigenvalue weighted by Crippen LogP contribution is -2.50. The topological polar surface area (TPSA) is 139 Å². The van der Waals surface area contributed by atoms with Gasteiger partial charge in [-0.25, -0.2) is 0 Å². The summed E-state index contributed by atoms with van der Waals surface area (Å²) < 4.78 is 8.88. The van der Waals surface area contributed by atoms with E-state index in [-0.39, 0.29) is 13.2 Å². The van der Waals surface area contributed by atoms with Crippen LogP contribution in [0.5, 0.6) is 0 Å². The number of rotatable bonds is 8. The third-order valence-electron chi connectivity index (χ3n) is 2.15. The van der Waals surface area contributed by atoms with E-state index in [4.69, 9.17) is 0 Å². The average molecular weight is 278 g/mol. The van der Waals surface area contributed by atoms with Gasteiger partial charge in [-0.1, -0.05) is 0 Å². The number of nitrogens with zero attached hydrogens (tertiary/aromatic N) is 2. The van der Waals surface area contributed by atoms with Crippen molar-refractivity contribution in [3.63, 3.8) is 0 Å². The molecule has 0 saturated carbocycles. The third-order valence-corrected chi connectivity index (χ3v) is 2.15. The van der Waals surface area contributed by atoms with Gasteiger partial charge in [0.2, 0.25) is 0 Å². The number of carbonyl (C=O) groups is 2. The van der Waals surface area contributed by atoms with Crippen LogP contribution in [0.25, 0.3) is 0 Å². The molecule has 0 radical (unpaired) electrons.